The van der Waals surface area contributed by atoms with Gasteiger partial charge in [0.25, 0.3) is 0 Å². The Kier molecular flexibility index (Phi) is 7.04. The van der Waals surface area contributed by atoms with E-state index in [0.29, 0.717) is 22.9 Å². The minimum atomic E-state index is -0.176. The zero-order valence-corrected chi connectivity index (χ0v) is 11.5. The Hall–Kier alpha value is -0.900. The molecule has 0 amide bonds. The molecule has 0 unspecified atom stereocenters. The van der Waals surface area contributed by atoms with Crippen molar-refractivity contribution in [2.45, 2.75) is 12.5 Å². The molecule has 1 atom stereocenters. The number of hydrogen-bond donors (Lipinski definition) is 1. The van der Waals surface area contributed by atoms with Gasteiger partial charge in [-0.2, -0.15) is 0 Å². The molecule has 5 heteroatoms. The van der Waals surface area contributed by atoms with Gasteiger partial charge in [-0.25, -0.2) is 0 Å². The van der Waals surface area contributed by atoms with E-state index in [4.69, 9.17) is 26.8 Å². The van der Waals surface area contributed by atoms with Gasteiger partial charge in [0.15, 0.2) is 11.5 Å². The summed E-state index contributed by atoms with van der Waals surface area (Å²) in [6.45, 7) is 3.65. The Balaban J connectivity index is 0.00000256. The van der Waals surface area contributed by atoms with Crippen LogP contribution in [-0.4, -0.2) is 14.2 Å². The number of nitrogens with two attached hydrogens (primary N) is 1. The Morgan fingerprint density at radius 1 is 1.41 bits per heavy atom. The summed E-state index contributed by atoms with van der Waals surface area (Å²) in [5.41, 5.74) is 6.80. The molecule has 0 saturated carbocycles. The molecule has 96 valence electrons. The third-order valence-corrected chi connectivity index (χ3v) is 2.72. The lowest BCUT2D eigenvalue weighted by atomic mass is 10.0. The van der Waals surface area contributed by atoms with Crippen molar-refractivity contribution in [3.8, 4) is 11.5 Å². The van der Waals surface area contributed by atoms with Gasteiger partial charge in [0, 0.05) is 6.04 Å². The number of ether oxygens (including phenoxy) is 2. The summed E-state index contributed by atoms with van der Waals surface area (Å²) in [7, 11) is 3.12. The second kappa shape index (κ2) is 7.43. The van der Waals surface area contributed by atoms with E-state index >= 15 is 0 Å². The molecule has 1 aromatic carbocycles. The topological polar surface area (TPSA) is 44.5 Å². The van der Waals surface area contributed by atoms with Gasteiger partial charge in [0.05, 0.1) is 19.2 Å². The highest BCUT2D eigenvalue weighted by atomic mass is 35.5. The van der Waals surface area contributed by atoms with E-state index in [0.717, 1.165) is 5.56 Å². The van der Waals surface area contributed by atoms with Crippen LogP contribution in [-0.2, 0) is 0 Å². The Morgan fingerprint density at radius 3 is 2.53 bits per heavy atom. The van der Waals surface area contributed by atoms with Crippen LogP contribution in [0.25, 0.3) is 0 Å². The normalized spacial score (nSPS) is 11.3. The molecular formula is C12H17Cl2NO2. The van der Waals surface area contributed by atoms with E-state index in [9.17, 15) is 0 Å². The Morgan fingerprint density at radius 2 is 2.06 bits per heavy atom. The smallest absolute Gasteiger partial charge is 0.179 e. The number of hydrogen-bond acceptors (Lipinski definition) is 3. The first-order chi connectivity index (χ1) is 7.65. The third kappa shape index (κ3) is 3.53. The third-order valence-electron chi connectivity index (χ3n) is 2.33. The summed E-state index contributed by atoms with van der Waals surface area (Å²) in [5, 5.41) is 0.496. The van der Waals surface area contributed by atoms with E-state index in [1.165, 1.54) is 0 Å². The van der Waals surface area contributed by atoms with Crippen LogP contribution in [0.5, 0.6) is 11.5 Å². The van der Waals surface area contributed by atoms with Crippen LogP contribution in [0.3, 0.4) is 0 Å². The van der Waals surface area contributed by atoms with Gasteiger partial charge in [-0.15, -0.1) is 19.0 Å². The van der Waals surface area contributed by atoms with Crippen LogP contribution in [0.2, 0.25) is 5.02 Å². The van der Waals surface area contributed by atoms with E-state index in [1.807, 2.05) is 6.07 Å². The van der Waals surface area contributed by atoms with Crippen molar-refractivity contribution in [2.24, 2.45) is 5.73 Å². The van der Waals surface area contributed by atoms with Gasteiger partial charge < -0.3 is 15.2 Å². The zero-order valence-electron chi connectivity index (χ0n) is 9.90. The van der Waals surface area contributed by atoms with Gasteiger partial charge in [0.1, 0.15) is 0 Å². The molecule has 0 fully saturated rings. The molecule has 1 rings (SSSR count). The Bertz CT molecular complexity index is 383. The highest BCUT2D eigenvalue weighted by Crippen LogP contribution is 2.39. The SMILES string of the molecule is C=CC[C@@H](N)c1ccc(OC)c(OC)c1Cl.Cl. The van der Waals surface area contributed by atoms with E-state index in [2.05, 4.69) is 6.58 Å². The van der Waals surface area contributed by atoms with Gasteiger partial charge in [-0.05, 0) is 18.1 Å². The van der Waals surface area contributed by atoms with Crippen molar-refractivity contribution in [1.82, 2.24) is 0 Å². The molecule has 3 nitrogen and oxygen atoms in total. The van der Waals surface area contributed by atoms with Gasteiger partial charge in [0.2, 0.25) is 0 Å². The number of methoxy groups -OCH3 is 2. The van der Waals surface area contributed by atoms with Gasteiger partial charge in [-0.1, -0.05) is 23.7 Å². The predicted octanol–water partition coefficient (Wildman–Crippen LogP) is 3.35. The molecule has 0 aliphatic rings. The van der Waals surface area contributed by atoms with Crippen LogP contribution in [0.1, 0.15) is 18.0 Å². The molecule has 0 heterocycles. The van der Waals surface area contributed by atoms with Gasteiger partial charge >= 0.3 is 0 Å². The molecule has 0 aliphatic carbocycles. The van der Waals surface area contributed by atoms with E-state index in [1.54, 1.807) is 26.4 Å². The zero-order chi connectivity index (χ0) is 12.1. The average molecular weight is 278 g/mol. The molecule has 0 saturated heterocycles. The van der Waals surface area contributed by atoms with Crippen molar-refractivity contribution < 1.29 is 9.47 Å². The standard InChI is InChI=1S/C12H16ClNO2.ClH/c1-4-5-9(14)8-6-7-10(15-2)12(16-3)11(8)13;/h4,6-7,9H,1,5,14H2,2-3H3;1H/t9-;/m1./s1. The van der Waals surface area contributed by atoms with Crippen molar-refractivity contribution in [1.29, 1.82) is 0 Å². The van der Waals surface area contributed by atoms with Crippen LogP contribution < -0.4 is 15.2 Å². The molecule has 1 aromatic rings. The van der Waals surface area contributed by atoms with Crippen molar-refractivity contribution in [3.05, 3.63) is 35.4 Å². The first kappa shape index (κ1) is 16.1. The number of rotatable bonds is 5. The maximum absolute atomic E-state index is 6.20. The van der Waals surface area contributed by atoms with Gasteiger partial charge in [-0.3, -0.25) is 0 Å². The molecular weight excluding hydrogens is 261 g/mol. The fourth-order valence-electron chi connectivity index (χ4n) is 1.50. The summed E-state index contributed by atoms with van der Waals surface area (Å²) in [6, 6.07) is 3.46. The van der Waals surface area contributed by atoms with Crippen LogP contribution in [0, 0.1) is 0 Å². The minimum absolute atomic E-state index is 0. The molecule has 0 radical (unpaired) electrons. The van der Waals surface area contributed by atoms with Crippen LogP contribution >= 0.6 is 24.0 Å². The summed E-state index contributed by atoms with van der Waals surface area (Å²) < 4.78 is 10.3. The fraction of sp³-hybridized carbons (Fsp3) is 0.333. The molecule has 0 aromatic heterocycles. The highest BCUT2D eigenvalue weighted by Gasteiger charge is 2.16. The van der Waals surface area contributed by atoms with Crippen molar-refractivity contribution in [2.75, 3.05) is 14.2 Å². The Labute approximate surface area is 113 Å². The first-order valence-electron chi connectivity index (χ1n) is 4.92. The molecule has 0 spiro atoms. The van der Waals surface area contributed by atoms with Crippen molar-refractivity contribution >= 4 is 24.0 Å². The summed E-state index contributed by atoms with van der Waals surface area (Å²) >= 11 is 6.20. The van der Waals surface area contributed by atoms with E-state index < -0.39 is 0 Å². The quantitative estimate of drug-likeness (QED) is 0.840. The predicted molar refractivity (Wildman–Crippen MR) is 73.5 cm³/mol. The lowest BCUT2D eigenvalue weighted by Crippen LogP contribution is -2.10. The minimum Gasteiger partial charge on any atom is -0.493 e. The van der Waals surface area contributed by atoms with Crippen LogP contribution in [0.15, 0.2) is 24.8 Å². The maximum atomic E-state index is 6.20. The molecule has 2 N–H and O–H groups in total. The van der Waals surface area contributed by atoms with E-state index in [-0.39, 0.29) is 18.4 Å². The second-order valence-corrected chi connectivity index (χ2v) is 3.71. The first-order valence-corrected chi connectivity index (χ1v) is 5.30. The lowest BCUT2D eigenvalue weighted by molar-refractivity contribution is 0.354. The largest absolute Gasteiger partial charge is 0.493 e. The average Bonchev–Trinajstić information content (AvgIpc) is 2.28. The molecule has 17 heavy (non-hydrogen) atoms. The monoisotopic (exact) mass is 277 g/mol. The summed E-state index contributed by atoms with van der Waals surface area (Å²) in [6.07, 6.45) is 2.42. The lowest BCUT2D eigenvalue weighted by Gasteiger charge is -2.16. The molecule has 0 bridgehead atoms. The highest BCUT2D eigenvalue weighted by molar-refractivity contribution is 6.33. The second-order valence-electron chi connectivity index (χ2n) is 3.34. The summed E-state index contributed by atoms with van der Waals surface area (Å²) in [5.74, 6) is 1.11. The summed E-state index contributed by atoms with van der Waals surface area (Å²) in [4.78, 5) is 0. The maximum Gasteiger partial charge on any atom is 0.179 e. The number of halogens is 2. The molecule has 0 aliphatic heterocycles. The van der Waals surface area contributed by atoms with Crippen molar-refractivity contribution in [3.63, 3.8) is 0 Å². The fourth-order valence-corrected chi connectivity index (χ4v) is 1.87. The van der Waals surface area contributed by atoms with Crippen LogP contribution in [0.4, 0.5) is 0 Å². The number of benzene rings is 1.